The molecule has 1 amide bonds. The predicted octanol–water partition coefficient (Wildman–Crippen LogP) is 3.69. The van der Waals surface area contributed by atoms with Gasteiger partial charge < -0.3 is 23.8 Å². The van der Waals surface area contributed by atoms with Gasteiger partial charge in [-0.05, 0) is 52.0 Å². The maximum Gasteiger partial charge on any atom is 0.313 e. The molecule has 8 nitrogen and oxygen atoms in total. The first-order valence-electron chi connectivity index (χ1n) is 12.1. The first-order valence-corrected chi connectivity index (χ1v) is 12.1. The van der Waals surface area contributed by atoms with Crippen LogP contribution in [0, 0.1) is 5.92 Å². The van der Waals surface area contributed by atoms with E-state index in [1.54, 1.807) is 19.4 Å². The largest absolute Gasteiger partial charge is 0.481 e. The van der Waals surface area contributed by atoms with E-state index in [0.717, 1.165) is 37.7 Å². The minimum atomic E-state index is -0.546. The van der Waals surface area contributed by atoms with Crippen molar-refractivity contribution in [2.75, 3.05) is 33.5 Å². The van der Waals surface area contributed by atoms with Gasteiger partial charge in [0.15, 0.2) is 5.79 Å². The molecule has 0 aromatic carbocycles. The van der Waals surface area contributed by atoms with E-state index in [2.05, 4.69) is 11.9 Å². The van der Waals surface area contributed by atoms with Gasteiger partial charge in [-0.25, -0.2) is 4.98 Å². The Morgan fingerprint density at radius 1 is 1.30 bits per heavy atom. The summed E-state index contributed by atoms with van der Waals surface area (Å²) in [5.74, 6) is -0.379. The molecule has 2 fully saturated rings. The highest BCUT2D eigenvalue weighted by molar-refractivity contribution is 5.81. The van der Waals surface area contributed by atoms with E-state index in [0.29, 0.717) is 38.7 Å². The maximum absolute atomic E-state index is 13.0. The second-order valence-corrected chi connectivity index (χ2v) is 9.12. The molecule has 1 aromatic heterocycles. The molecule has 0 radical (unpaired) electrons. The maximum atomic E-state index is 13.0. The highest BCUT2D eigenvalue weighted by Crippen LogP contribution is 2.33. The third-order valence-electron chi connectivity index (χ3n) is 6.72. The molecule has 33 heavy (non-hydrogen) atoms. The average molecular weight is 463 g/mol. The SMILES string of the molecule is CCOC(=O)C(CCCCN1C(=O)[C@@H](CCC2(C)OCCO2)CC1C)c1ccc(OC)nc1. The van der Waals surface area contributed by atoms with Crippen molar-refractivity contribution in [2.45, 2.75) is 77.0 Å². The smallest absolute Gasteiger partial charge is 0.313 e. The number of rotatable bonds is 12. The van der Waals surface area contributed by atoms with Crippen LogP contribution in [0.1, 0.15) is 70.8 Å². The lowest BCUT2D eigenvalue weighted by Gasteiger charge is -2.24. The van der Waals surface area contributed by atoms with Crippen LogP contribution < -0.4 is 4.74 Å². The van der Waals surface area contributed by atoms with Crippen LogP contribution >= 0.6 is 0 Å². The molecule has 0 spiro atoms. The second-order valence-electron chi connectivity index (χ2n) is 9.12. The molecule has 3 rings (SSSR count). The third-order valence-corrected chi connectivity index (χ3v) is 6.72. The van der Waals surface area contributed by atoms with Crippen molar-refractivity contribution in [3.05, 3.63) is 23.9 Å². The standard InChI is InChI=1S/C25H38N2O6/c1-5-31-24(29)21(20-9-10-22(30-4)26-17-20)8-6-7-13-27-18(2)16-19(23(27)28)11-12-25(3)32-14-15-33-25/h9-10,17-19,21H,5-8,11-16H2,1-4H3/t18?,19-,21?/m0/s1. The molecule has 3 atom stereocenters. The summed E-state index contributed by atoms with van der Waals surface area (Å²) in [6.45, 7) is 8.18. The fourth-order valence-electron chi connectivity index (χ4n) is 4.81. The van der Waals surface area contributed by atoms with Crippen molar-refractivity contribution in [3.8, 4) is 5.88 Å². The molecular formula is C25H38N2O6. The van der Waals surface area contributed by atoms with E-state index in [1.165, 1.54) is 0 Å². The Morgan fingerprint density at radius 3 is 2.70 bits per heavy atom. The lowest BCUT2D eigenvalue weighted by Crippen LogP contribution is -2.33. The van der Waals surface area contributed by atoms with Gasteiger partial charge in [-0.3, -0.25) is 9.59 Å². The molecule has 0 bridgehead atoms. The fraction of sp³-hybridized carbons (Fsp3) is 0.720. The number of methoxy groups -OCH3 is 1. The molecular weight excluding hydrogens is 424 g/mol. The van der Waals surface area contributed by atoms with Crippen LogP contribution in [0.15, 0.2) is 18.3 Å². The fourth-order valence-corrected chi connectivity index (χ4v) is 4.81. The third kappa shape index (κ3) is 6.67. The highest BCUT2D eigenvalue weighted by atomic mass is 16.7. The van der Waals surface area contributed by atoms with Crippen LogP contribution in [0.3, 0.4) is 0 Å². The summed E-state index contributed by atoms with van der Waals surface area (Å²) in [5, 5.41) is 0. The van der Waals surface area contributed by atoms with Crippen molar-refractivity contribution in [2.24, 2.45) is 5.92 Å². The van der Waals surface area contributed by atoms with Crippen molar-refractivity contribution < 1.29 is 28.5 Å². The first-order chi connectivity index (χ1) is 15.9. The van der Waals surface area contributed by atoms with Crippen LogP contribution in [-0.4, -0.2) is 67.1 Å². The highest BCUT2D eigenvalue weighted by Gasteiger charge is 2.39. The molecule has 0 N–H and O–H groups in total. The van der Waals surface area contributed by atoms with Gasteiger partial charge in [0.05, 0.1) is 32.8 Å². The number of unbranched alkanes of at least 4 members (excludes halogenated alkanes) is 1. The van der Waals surface area contributed by atoms with E-state index in [-0.39, 0.29) is 29.8 Å². The first kappa shape index (κ1) is 25.4. The average Bonchev–Trinajstić information content (AvgIpc) is 3.36. The molecule has 1 aromatic rings. The quantitative estimate of drug-likeness (QED) is 0.346. The Morgan fingerprint density at radius 2 is 2.06 bits per heavy atom. The van der Waals surface area contributed by atoms with Crippen LogP contribution in [0.5, 0.6) is 5.88 Å². The summed E-state index contributed by atoms with van der Waals surface area (Å²) >= 11 is 0. The zero-order valence-corrected chi connectivity index (χ0v) is 20.4. The number of nitrogens with zero attached hydrogens (tertiary/aromatic N) is 2. The summed E-state index contributed by atoms with van der Waals surface area (Å²) in [5.41, 5.74) is 0.824. The number of likely N-dealkylation sites (tertiary alicyclic amines) is 1. The van der Waals surface area contributed by atoms with E-state index >= 15 is 0 Å². The van der Waals surface area contributed by atoms with Crippen LogP contribution in [0.25, 0.3) is 0 Å². The van der Waals surface area contributed by atoms with E-state index < -0.39 is 5.79 Å². The van der Waals surface area contributed by atoms with Crippen molar-refractivity contribution in [1.82, 2.24) is 9.88 Å². The van der Waals surface area contributed by atoms with Gasteiger partial charge in [-0.2, -0.15) is 0 Å². The number of hydrogen-bond acceptors (Lipinski definition) is 7. The minimum absolute atomic E-state index is 0.0299. The van der Waals surface area contributed by atoms with Gasteiger partial charge in [0, 0.05) is 37.2 Å². The van der Waals surface area contributed by atoms with E-state index in [1.807, 2.05) is 24.8 Å². The number of pyridine rings is 1. The second kappa shape index (κ2) is 11.8. The molecule has 0 saturated carbocycles. The molecule has 2 aliphatic heterocycles. The monoisotopic (exact) mass is 462 g/mol. The molecule has 3 heterocycles. The molecule has 184 valence electrons. The summed E-state index contributed by atoms with van der Waals surface area (Å²) in [4.78, 5) is 31.7. The summed E-state index contributed by atoms with van der Waals surface area (Å²) in [6.07, 6.45) is 6.38. The number of esters is 1. The normalized spacial score (nSPS) is 23.0. The van der Waals surface area contributed by atoms with Crippen LogP contribution in [-0.2, 0) is 23.8 Å². The predicted molar refractivity (Wildman–Crippen MR) is 123 cm³/mol. The van der Waals surface area contributed by atoms with Crippen molar-refractivity contribution in [1.29, 1.82) is 0 Å². The van der Waals surface area contributed by atoms with Gasteiger partial charge in [0.1, 0.15) is 0 Å². The number of ether oxygens (including phenoxy) is 4. The molecule has 0 aliphatic carbocycles. The number of carbonyl (C=O) groups is 2. The van der Waals surface area contributed by atoms with Gasteiger partial charge in [-0.15, -0.1) is 0 Å². The molecule has 2 saturated heterocycles. The Hall–Kier alpha value is -2.19. The Balaban J connectivity index is 1.48. The number of carbonyl (C=O) groups excluding carboxylic acids is 2. The van der Waals surface area contributed by atoms with Gasteiger partial charge in [0.2, 0.25) is 11.8 Å². The number of aromatic nitrogens is 1. The van der Waals surface area contributed by atoms with Gasteiger partial charge >= 0.3 is 5.97 Å². The number of amides is 1. The Labute approximate surface area is 196 Å². The minimum Gasteiger partial charge on any atom is -0.481 e. The van der Waals surface area contributed by atoms with E-state index in [9.17, 15) is 9.59 Å². The molecule has 2 unspecified atom stereocenters. The number of hydrogen-bond donors (Lipinski definition) is 0. The summed E-state index contributed by atoms with van der Waals surface area (Å²) in [7, 11) is 1.56. The molecule has 8 heteroatoms. The zero-order valence-electron chi connectivity index (χ0n) is 20.4. The van der Waals surface area contributed by atoms with Crippen LogP contribution in [0.4, 0.5) is 0 Å². The van der Waals surface area contributed by atoms with Gasteiger partial charge in [0.25, 0.3) is 0 Å². The Bertz CT molecular complexity index is 778. The lowest BCUT2D eigenvalue weighted by atomic mass is 9.94. The van der Waals surface area contributed by atoms with Crippen molar-refractivity contribution >= 4 is 11.9 Å². The summed E-state index contributed by atoms with van der Waals surface area (Å²) < 4.78 is 21.8. The topological polar surface area (TPSA) is 87.2 Å². The zero-order chi connectivity index (χ0) is 23.8. The molecule has 2 aliphatic rings. The summed E-state index contributed by atoms with van der Waals surface area (Å²) in [6, 6.07) is 3.85. The van der Waals surface area contributed by atoms with Crippen LogP contribution in [0.2, 0.25) is 0 Å². The van der Waals surface area contributed by atoms with Crippen molar-refractivity contribution in [3.63, 3.8) is 0 Å². The lowest BCUT2D eigenvalue weighted by molar-refractivity contribution is -0.151. The van der Waals surface area contributed by atoms with E-state index in [4.69, 9.17) is 18.9 Å². The van der Waals surface area contributed by atoms with Gasteiger partial charge in [-0.1, -0.05) is 12.5 Å². The Kier molecular flexibility index (Phi) is 9.09.